The summed E-state index contributed by atoms with van der Waals surface area (Å²) in [5.41, 5.74) is 2.79. The van der Waals surface area contributed by atoms with E-state index < -0.39 is 0 Å². The van der Waals surface area contributed by atoms with Gasteiger partial charge in [0.2, 0.25) is 5.91 Å². The number of thioether (sulfide) groups is 1. The van der Waals surface area contributed by atoms with Crippen molar-refractivity contribution in [2.75, 3.05) is 10.7 Å². The number of nitrogens with zero attached hydrogens (tertiary/aromatic N) is 1. The molecule has 4 rings (SSSR count). The average Bonchev–Trinajstić information content (AvgIpc) is 3.10. The van der Waals surface area contributed by atoms with Crippen molar-refractivity contribution in [2.24, 2.45) is 0 Å². The van der Waals surface area contributed by atoms with E-state index >= 15 is 0 Å². The van der Waals surface area contributed by atoms with Gasteiger partial charge in [-0.25, -0.2) is 0 Å². The van der Waals surface area contributed by atoms with Crippen LogP contribution in [-0.2, 0) is 11.4 Å². The lowest BCUT2D eigenvalue weighted by molar-refractivity contribution is -0.115. The normalized spacial score (nSPS) is 16.3. The summed E-state index contributed by atoms with van der Waals surface area (Å²) in [4.78, 5) is 14.3. The van der Waals surface area contributed by atoms with E-state index in [1.165, 1.54) is 0 Å². The largest absolute Gasteiger partial charge is 0.488 e. The number of ether oxygens (including phenoxy) is 1. The molecule has 3 aromatic carbocycles. The molecule has 1 heterocycles. The van der Waals surface area contributed by atoms with Crippen molar-refractivity contribution in [3.05, 3.63) is 92.4 Å². The molecule has 1 fully saturated rings. The molecule has 148 valence electrons. The lowest BCUT2D eigenvalue weighted by Gasteiger charge is -2.25. The number of hydrogen-bond donors (Lipinski definition) is 0. The Morgan fingerprint density at radius 1 is 1.07 bits per heavy atom. The molecular formula is C22H16BrCl2NO2S. The number of rotatable bonds is 5. The summed E-state index contributed by atoms with van der Waals surface area (Å²) >= 11 is 17.4. The molecule has 1 aliphatic heterocycles. The second kappa shape index (κ2) is 9.00. The van der Waals surface area contributed by atoms with E-state index in [1.807, 2.05) is 59.5 Å². The van der Waals surface area contributed by atoms with Crippen LogP contribution in [0.5, 0.6) is 5.75 Å². The molecule has 0 aliphatic carbocycles. The quantitative estimate of drug-likeness (QED) is 0.367. The van der Waals surface area contributed by atoms with Gasteiger partial charge in [-0.15, -0.1) is 11.8 Å². The van der Waals surface area contributed by atoms with E-state index in [0.717, 1.165) is 27.0 Å². The fourth-order valence-corrected chi connectivity index (χ4v) is 5.10. The monoisotopic (exact) mass is 507 g/mol. The Bertz CT molecular complexity index is 1050. The van der Waals surface area contributed by atoms with E-state index in [1.54, 1.807) is 23.9 Å². The first-order chi connectivity index (χ1) is 14.0. The zero-order valence-electron chi connectivity index (χ0n) is 15.1. The predicted octanol–water partition coefficient (Wildman–Crippen LogP) is 7.11. The third-order valence-corrected chi connectivity index (χ3v) is 7.01. The fourth-order valence-electron chi connectivity index (χ4n) is 3.11. The number of amides is 1. The minimum absolute atomic E-state index is 0.0810. The van der Waals surface area contributed by atoms with Crippen LogP contribution in [0.2, 0.25) is 10.0 Å². The molecule has 0 saturated carbocycles. The van der Waals surface area contributed by atoms with E-state index in [9.17, 15) is 4.79 Å². The number of benzene rings is 3. The Balaban J connectivity index is 1.54. The van der Waals surface area contributed by atoms with Gasteiger partial charge in [-0.3, -0.25) is 9.69 Å². The van der Waals surface area contributed by atoms with Gasteiger partial charge in [0.1, 0.15) is 17.7 Å². The molecule has 0 aromatic heterocycles. The van der Waals surface area contributed by atoms with Crippen LogP contribution in [0.4, 0.5) is 5.69 Å². The molecule has 1 atom stereocenters. The predicted molar refractivity (Wildman–Crippen MR) is 124 cm³/mol. The van der Waals surface area contributed by atoms with E-state index in [-0.39, 0.29) is 11.3 Å². The highest BCUT2D eigenvalue weighted by atomic mass is 79.9. The third kappa shape index (κ3) is 4.58. The van der Waals surface area contributed by atoms with Crippen LogP contribution < -0.4 is 9.64 Å². The Hall–Kier alpha value is -1.66. The van der Waals surface area contributed by atoms with Crippen LogP contribution >= 0.6 is 50.9 Å². The van der Waals surface area contributed by atoms with E-state index in [4.69, 9.17) is 27.9 Å². The number of halogens is 3. The maximum atomic E-state index is 12.5. The second-order valence-corrected chi connectivity index (χ2v) is 9.24. The SMILES string of the molecule is O=C1CS[C@@H](c2ccc(OCc3ccccc3Cl)c(Br)c2)N1c1ccc(Cl)cc1. The molecular weight excluding hydrogens is 493 g/mol. The summed E-state index contributed by atoms with van der Waals surface area (Å²) in [6.45, 7) is 0.380. The summed E-state index contributed by atoms with van der Waals surface area (Å²) in [6.07, 6.45) is 0. The molecule has 29 heavy (non-hydrogen) atoms. The summed E-state index contributed by atoms with van der Waals surface area (Å²) in [5.74, 6) is 1.24. The van der Waals surface area contributed by atoms with Crippen LogP contribution in [0, 0.1) is 0 Å². The van der Waals surface area contributed by atoms with Gasteiger partial charge in [-0.05, 0) is 64.0 Å². The van der Waals surface area contributed by atoms with Crippen molar-refractivity contribution in [3.63, 3.8) is 0 Å². The minimum Gasteiger partial charge on any atom is -0.488 e. The van der Waals surface area contributed by atoms with Crippen molar-refractivity contribution in [3.8, 4) is 5.75 Å². The van der Waals surface area contributed by atoms with Gasteiger partial charge >= 0.3 is 0 Å². The molecule has 3 aromatic rings. The van der Waals surface area contributed by atoms with Crippen LogP contribution in [0.1, 0.15) is 16.5 Å². The maximum Gasteiger partial charge on any atom is 0.238 e. The van der Waals surface area contributed by atoms with Crippen molar-refractivity contribution in [1.29, 1.82) is 0 Å². The van der Waals surface area contributed by atoms with Gasteiger partial charge in [0.25, 0.3) is 0 Å². The standard InChI is InChI=1S/C22H16BrCl2NO2S/c23-18-11-14(5-10-20(18)28-12-15-3-1-2-4-19(15)25)22-26(21(27)13-29-22)17-8-6-16(24)7-9-17/h1-11,22H,12-13H2/t22-/m0/s1. The molecule has 0 radical (unpaired) electrons. The first-order valence-electron chi connectivity index (χ1n) is 8.88. The molecule has 1 saturated heterocycles. The molecule has 1 aliphatic rings. The van der Waals surface area contributed by atoms with Gasteiger partial charge in [-0.2, -0.15) is 0 Å². The van der Waals surface area contributed by atoms with Gasteiger partial charge in [0.15, 0.2) is 0 Å². The van der Waals surface area contributed by atoms with Gasteiger partial charge in [0.05, 0.1) is 10.2 Å². The number of carbonyl (C=O) groups is 1. The van der Waals surface area contributed by atoms with Crippen molar-refractivity contribution >= 4 is 62.5 Å². The Labute approximate surface area is 192 Å². The minimum atomic E-state index is -0.0995. The van der Waals surface area contributed by atoms with Gasteiger partial charge < -0.3 is 4.74 Å². The summed E-state index contributed by atoms with van der Waals surface area (Å²) in [5, 5.41) is 1.23. The van der Waals surface area contributed by atoms with E-state index in [0.29, 0.717) is 22.4 Å². The summed E-state index contributed by atoms with van der Waals surface area (Å²) in [7, 11) is 0. The Morgan fingerprint density at radius 2 is 1.83 bits per heavy atom. The zero-order chi connectivity index (χ0) is 20.4. The highest BCUT2D eigenvalue weighted by Crippen LogP contribution is 2.43. The van der Waals surface area contributed by atoms with Crippen LogP contribution in [0.3, 0.4) is 0 Å². The number of hydrogen-bond acceptors (Lipinski definition) is 3. The lowest BCUT2D eigenvalue weighted by Crippen LogP contribution is -2.27. The molecule has 0 spiro atoms. The number of carbonyl (C=O) groups excluding carboxylic acids is 1. The van der Waals surface area contributed by atoms with Gasteiger partial charge in [-0.1, -0.05) is 47.5 Å². The molecule has 0 bridgehead atoms. The second-order valence-electron chi connectivity index (χ2n) is 6.47. The van der Waals surface area contributed by atoms with E-state index in [2.05, 4.69) is 15.9 Å². The van der Waals surface area contributed by atoms with Crippen LogP contribution in [0.15, 0.2) is 71.2 Å². The number of anilines is 1. The average molecular weight is 509 g/mol. The molecule has 3 nitrogen and oxygen atoms in total. The molecule has 0 unspecified atom stereocenters. The van der Waals surface area contributed by atoms with Crippen LogP contribution in [-0.4, -0.2) is 11.7 Å². The Kier molecular flexibility index (Phi) is 6.40. The summed E-state index contributed by atoms with van der Waals surface area (Å²) < 4.78 is 6.77. The van der Waals surface area contributed by atoms with Gasteiger partial charge in [0, 0.05) is 21.3 Å². The van der Waals surface area contributed by atoms with Crippen LogP contribution in [0.25, 0.3) is 0 Å². The molecule has 7 heteroatoms. The first kappa shape index (κ1) is 20.6. The maximum absolute atomic E-state index is 12.5. The topological polar surface area (TPSA) is 29.5 Å². The fraction of sp³-hybridized carbons (Fsp3) is 0.136. The van der Waals surface area contributed by atoms with Crippen molar-refractivity contribution < 1.29 is 9.53 Å². The molecule has 1 amide bonds. The smallest absolute Gasteiger partial charge is 0.238 e. The van der Waals surface area contributed by atoms with Crippen molar-refractivity contribution in [2.45, 2.75) is 12.0 Å². The van der Waals surface area contributed by atoms with Crippen molar-refractivity contribution in [1.82, 2.24) is 0 Å². The third-order valence-electron chi connectivity index (χ3n) is 4.55. The molecule has 0 N–H and O–H groups in total. The highest BCUT2D eigenvalue weighted by molar-refractivity contribution is 9.10. The first-order valence-corrected chi connectivity index (χ1v) is 11.5. The zero-order valence-corrected chi connectivity index (χ0v) is 19.1. The summed E-state index contributed by atoms with van der Waals surface area (Å²) in [6, 6.07) is 20.9. The lowest BCUT2D eigenvalue weighted by atomic mass is 10.1. The Morgan fingerprint density at radius 3 is 2.55 bits per heavy atom. The highest BCUT2D eigenvalue weighted by Gasteiger charge is 2.34.